The summed E-state index contributed by atoms with van der Waals surface area (Å²) in [7, 11) is 0. The number of benzene rings is 1. The Labute approximate surface area is 147 Å². The van der Waals surface area contributed by atoms with E-state index < -0.39 is 0 Å². The molecule has 1 aliphatic rings. The maximum absolute atomic E-state index is 8.88. The highest BCUT2D eigenvalue weighted by atomic mass is 16.5. The van der Waals surface area contributed by atoms with Crippen molar-refractivity contribution in [2.75, 3.05) is 13.2 Å². The Kier molecular flexibility index (Phi) is 8.63. The van der Waals surface area contributed by atoms with Crippen molar-refractivity contribution in [2.24, 2.45) is 5.92 Å². The predicted molar refractivity (Wildman–Crippen MR) is 100.0 cm³/mol. The van der Waals surface area contributed by atoms with Crippen molar-refractivity contribution >= 4 is 0 Å². The second-order valence-electron chi connectivity index (χ2n) is 6.93. The summed E-state index contributed by atoms with van der Waals surface area (Å²) >= 11 is 0. The van der Waals surface area contributed by atoms with E-state index in [1.807, 2.05) is 12.1 Å². The topological polar surface area (TPSA) is 33.0 Å². The Balaban J connectivity index is 1.58. The van der Waals surface area contributed by atoms with Gasteiger partial charge < -0.3 is 4.74 Å². The van der Waals surface area contributed by atoms with E-state index in [2.05, 4.69) is 37.3 Å². The number of allylic oxidation sites excluding steroid dienone is 2. The van der Waals surface area contributed by atoms with Crippen LogP contribution in [-0.4, -0.2) is 13.2 Å². The fourth-order valence-electron chi connectivity index (χ4n) is 3.45. The normalized spacial score (nSPS) is 21.0. The third-order valence-electron chi connectivity index (χ3n) is 4.99. The molecule has 0 N–H and O–H groups in total. The lowest BCUT2D eigenvalue weighted by Gasteiger charge is -2.28. The highest BCUT2D eigenvalue weighted by Crippen LogP contribution is 2.35. The molecule has 0 radical (unpaired) electrons. The van der Waals surface area contributed by atoms with Crippen molar-refractivity contribution in [2.45, 2.75) is 64.2 Å². The molecule has 2 heteroatoms. The maximum atomic E-state index is 8.88. The van der Waals surface area contributed by atoms with Crippen LogP contribution >= 0.6 is 0 Å². The summed E-state index contributed by atoms with van der Waals surface area (Å²) in [4.78, 5) is 0. The SMILES string of the molecule is CCC/C=C/CCCOCC1CCC(c2ccc(C#N)cc2)CC1. The van der Waals surface area contributed by atoms with Gasteiger partial charge in [0, 0.05) is 13.2 Å². The van der Waals surface area contributed by atoms with E-state index in [0.29, 0.717) is 5.92 Å². The average Bonchev–Trinajstić information content (AvgIpc) is 2.64. The molecule has 0 spiro atoms. The molecule has 24 heavy (non-hydrogen) atoms. The lowest BCUT2D eigenvalue weighted by Crippen LogP contribution is -2.18. The molecular weight excluding hydrogens is 294 g/mol. The number of ether oxygens (including phenoxy) is 1. The third kappa shape index (κ3) is 6.49. The largest absolute Gasteiger partial charge is 0.381 e. The first-order valence-corrected chi connectivity index (χ1v) is 9.56. The van der Waals surface area contributed by atoms with Crippen molar-refractivity contribution in [3.63, 3.8) is 0 Å². The summed E-state index contributed by atoms with van der Waals surface area (Å²) in [5.41, 5.74) is 2.15. The van der Waals surface area contributed by atoms with Crippen molar-refractivity contribution in [1.82, 2.24) is 0 Å². The predicted octanol–water partition coefficient (Wildman–Crippen LogP) is 5.99. The number of hydrogen-bond donors (Lipinski definition) is 0. The van der Waals surface area contributed by atoms with Gasteiger partial charge in [0.05, 0.1) is 11.6 Å². The molecule has 0 unspecified atom stereocenters. The summed E-state index contributed by atoms with van der Waals surface area (Å²) in [6.45, 7) is 4.04. The van der Waals surface area contributed by atoms with Gasteiger partial charge in [-0.15, -0.1) is 0 Å². The van der Waals surface area contributed by atoms with E-state index in [4.69, 9.17) is 10.00 Å². The number of unbranched alkanes of at least 4 members (excludes halogenated alkanes) is 2. The van der Waals surface area contributed by atoms with Gasteiger partial charge in [-0.2, -0.15) is 5.26 Å². The lowest BCUT2D eigenvalue weighted by atomic mass is 9.79. The van der Waals surface area contributed by atoms with E-state index in [0.717, 1.165) is 37.5 Å². The van der Waals surface area contributed by atoms with E-state index in [-0.39, 0.29) is 0 Å². The molecule has 0 atom stereocenters. The van der Waals surface area contributed by atoms with Gasteiger partial charge in [-0.25, -0.2) is 0 Å². The molecule has 2 rings (SSSR count). The number of rotatable bonds is 9. The minimum absolute atomic E-state index is 0.665. The van der Waals surface area contributed by atoms with E-state index in [1.165, 1.54) is 44.1 Å². The number of hydrogen-bond acceptors (Lipinski definition) is 2. The molecule has 0 aromatic heterocycles. The van der Waals surface area contributed by atoms with Gasteiger partial charge >= 0.3 is 0 Å². The summed E-state index contributed by atoms with van der Waals surface area (Å²) in [5.74, 6) is 1.40. The summed E-state index contributed by atoms with van der Waals surface area (Å²) in [6.07, 6.45) is 14.3. The van der Waals surface area contributed by atoms with Crippen LogP contribution < -0.4 is 0 Å². The van der Waals surface area contributed by atoms with E-state index in [9.17, 15) is 0 Å². The van der Waals surface area contributed by atoms with Crippen LogP contribution in [0.25, 0.3) is 0 Å². The quantitative estimate of drug-likeness (QED) is 0.413. The first kappa shape index (κ1) is 18.7. The van der Waals surface area contributed by atoms with Gasteiger partial charge in [0.2, 0.25) is 0 Å². The fraction of sp³-hybridized carbons (Fsp3) is 0.591. The molecule has 0 heterocycles. The standard InChI is InChI=1S/C22H31NO/c1-2-3-4-5-6-7-16-24-18-20-10-14-22(15-11-20)21-12-8-19(17-23)9-13-21/h4-5,8-9,12-13,20,22H,2-3,6-7,10-11,14-16,18H2,1H3/b5-4+. The highest BCUT2D eigenvalue weighted by molar-refractivity contribution is 5.33. The second kappa shape index (κ2) is 11.0. The molecule has 1 aromatic carbocycles. The molecule has 130 valence electrons. The maximum Gasteiger partial charge on any atom is 0.0991 e. The molecule has 1 saturated carbocycles. The van der Waals surface area contributed by atoms with E-state index in [1.54, 1.807) is 0 Å². The molecule has 1 aromatic rings. The summed E-state index contributed by atoms with van der Waals surface area (Å²) < 4.78 is 5.88. The minimum Gasteiger partial charge on any atom is -0.381 e. The number of nitrogens with zero attached hydrogens (tertiary/aromatic N) is 1. The smallest absolute Gasteiger partial charge is 0.0991 e. The first-order valence-electron chi connectivity index (χ1n) is 9.56. The molecule has 1 aliphatic carbocycles. The summed E-state index contributed by atoms with van der Waals surface area (Å²) in [6, 6.07) is 10.3. The fourth-order valence-corrected chi connectivity index (χ4v) is 3.45. The minimum atomic E-state index is 0.665. The third-order valence-corrected chi connectivity index (χ3v) is 4.99. The Morgan fingerprint density at radius 3 is 2.46 bits per heavy atom. The van der Waals surface area contributed by atoms with Gasteiger partial charge in [-0.3, -0.25) is 0 Å². The number of nitriles is 1. The Hall–Kier alpha value is -1.59. The zero-order valence-corrected chi connectivity index (χ0v) is 15.0. The Morgan fingerprint density at radius 1 is 1.08 bits per heavy atom. The summed E-state index contributed by atoms with van der Waals surface area (Å²) in [5, 5.41) is 8.88. The Morgan fingerprint density at radius 2 is 1.79 bits per heavy atom. The van der Waals surface area contributed by atoms with Crippen molar-refractivity contribution in [1.29, 1.82) is 5.26 Å². The van der Waals surface area contributed by atoms with Crippen LogP contribution in [-0.2, 0) is 4.74 Å². The van der Waals surface area contributed by atoms with Gasteiger partial charge in [0.25, 0.3) is 0 Å². The lowest BCUT2D eigenvalue weighted by molar-refractivity contribution is 0.0815. The van der Waals surface area contributed by atoms with Gasteiger partial charge in [-0.1, -0.05) is 37.6 Å². The van der Waals surface area contributed by atoms with Crippen LogP contribution in [0, 0.1) is 17.2 Å². The zero-order valence-electron chi connectivity index (χ0n) is 15.0. The van der Waals surface area contributed by atoms with Crippen molar-refractivity contribution in [3.05, 3.63) is 47.5 Å². The van der Waals surface area contributed by atoms with Gasteiger partial charge in [0.15, 0.2) is 0 Å². The first-order chi connectivity index (χ1) is 11.8. The van der Waals surface area contributed by atoms with Crippen molar-refractivity contribution in [3.8, 4) is 6.07 Å². The van der Waals surface area contributed by atoms with Crippen LogP contribution in [0.15, 0.2) is 36.4 Å². The van der Waals surface area contributed by atoms with Crippen LogP contribution in [0.2, 0.25) is 0 Å². The molecule has 1 fully saturated rings. The van der Waals surface area contributed by atoms with Crippen LogP contribution in [0.3, 0.4) is 0 Å². The van der Waals surface area contributed by atoms with Gasteiger partial charge in [0.1, 0.15) is 0 Å². The molecular formula is C22H31NO. The molecule has 0 bridgehead atoms. The van der Waals surface area contributed by atoms with E-state index >= 15 is 0 Å². The molecule has 0 amide bonds. The van der Waals surface area contributed by atoms with Crippen LogP contribution in [0.1, 0.15) is 75.3 Å². The molecule has 0 saturated heterocycles. The van der Waals surface area contributed by atoms with Crippen LogP contribution in [0.5, 0.6) is 0 Å². The average molecular weight is 325 g/mol. The molecule has 2 nitrogen and oxygen atoms in total. The van der Waals surface area contributed by atoms with Crippen molar-refractivity contribution < 1.29 is 4.74 Å². The highest BCUT2D eigenvalue weighted by Gasteiger charge is 2.22. The molecule has 0 aliphatic heterocycles. The monoisotopic (exact) mass is 325 g/mol. The Bertz CT molecular complexity index is 518. The second-order valence-corrected chi connectivity index (χ2v) is 6.93. The zero-order chi connectivity index (χ0) is 17.0. The van der Waals surface area contributed by atoms with Crippen LogP contribution in [0.4, 0.5) is 0 Å². The van der Waals surface area contributed by atoms with Gasteiger partial charge in [-0.05, 0) is 74.5 Å².